The Morgan fingerprint density at radius 2 is 2.00 bits per heavy atom. The number of ether oxygens (including phenoxy) is 1. The molecule has 1 aliphatic rings. The van der Waals surface area contributed by atoms with Gasteiger partial charge in [0.15, 0.2) is 0 Å². The van der Waals surface area contributed by atoms with Gasteiger partial charge in [0.25, 0.3) is 0 Å². The lowest BCUT2D eigenvalue weighted by atomic mass is 10.1. The second-order valence-corrected chi connectivity index (χ2v) is 4.38. The number of esters is 1. The fourth-order valence-electron chi connectivity index (χ4n) is 1.72. The molecule has 0 aliphatic heterocycles. The van der Waals surface area contributed by atoms with Crippen molar-refractivity contribution < 1.29 is 14.3 Å². The van der Waals surface area contributed by atoms with Gasteiger partial charge in [0, 0.05) is 12.0 Å². The van der Waals surface area contributed by atoms with Gasteiger partial charge < -0.3 is 4.74 Å². The Balaban J connectivity index is 2.61. The van der Waals surface area contributed by atoms with Gasteiger partial charge in [-0.3, -0.25) is 4.79 Å². The van der Waals surface area contributed by atoms with E-state index in [1.165, 1.54) is 13.2 Å². The summed E-state index contributed by atoms with van der Waals surface area (Å²) in [7, 11) is 1.31. The largest absolute Gasteiger partial charge is 0.466 e. The molecule has 0 aromatic heterocycles. The van der Waals surface area contributed by atoms with Crippen LogP contribution in [-0.2, 0) is 14.3 Å². The Morgan fingerprint density at radius 1 is 1.43 bits per heavy atom. The molecule has 0 radical (unpaired) electrons. The summed E-state index contributed by atoms with van der Waals surface area (Å²) in [6, 6.07) is 0. The van der Waals surface area contributed by atoms with Crippen LogP contribution in [-0.4, -0.2) is 18.3 Å². The fraction of sp³-hybridized carbons (Fsp3) is 0.600. The van der Waals surface area contributed by atoms with E-state index >= 15 is 0 Å². The molecule has 0 spiro atoms. The highest BCUT2D eigenvalue weighted by molar-refractivity contribution is 6.64. The molecule has 1 aliphatic carbocycles. The van der Waals surface area contributed by atoms with Crippen LogP contribution in [0.4, 0.5) is 0 Å². The lowest BCUT2D eigenvalue weighted by Gasteiger charge is -1.96. The molecule has 14 heavy (non-hydrogen) atoms. The van der Waals surface area contributed by atoms with Crippen LogP contribution in [0.25, 0.3) is 0 Å². The SMILES string of the molecule is COC(=O)/C=C\[C@H]1[C@@H](C(=O)Cl)C1(C)C. The molecule has 0 heterocycles. The Labute approximate surface area is 88.1 Å². The molecule has 1 fully saturated rings. The van der Waals surface area contributed by atoms with Gasteiger partial charge in [-0.25, -0.2) is 4.79 Å². The molecular weight excluding hydrogens is 204 g/mol. The number of rotatable bonds is 3. The first-order valence-corrected chi connectivity index (χ1v) is 4.74. The molecule has 78 valence electrons. The van der Waals surface area contributed by atoms with E-state index in [0.717, 1.165) is 0 Å². The minimum atomic E-state index is -0.409. The molecule has 1 saturated carbocycles. The van der Waals surface area contributed by atoms with Crippen molar-refractivity contribution in [3.05, 3.63) is 12.2 Å². The molecule has 4 heteroatoms. The van der Waals surface area contributed by atoms with Crippen LogP contribution in [0.15, 0.2) is 12.2 Å². The van der Waals surface area contributed by atoms with Gasteiger partial charge in [-0.15, -0.1) is 0 Å². The predicted octanol–water partition coefficient (Wildman–Crippen LogP) is 1.75. The third-order valence-corrected chi connectivity index (χ3v) is 3.03. The molecule has 2 atom stereocenters. The van der Waals surface area contributed by atoms with Gasteiger partial charge in [0.2, 0.25) is 5.24 Å². The van der Waals surface area contributed by atoms with E-state index in [1.807, 2.05) is 13.8 Å². The monoisotopic (exact) mass is 216 g/mol. The predicted molar refractivity (Wildman–Crippen MR) is 52.8 cm³/mol. The average molecular weight is 217 g/mol. The highest BCUT2D eigenvalue weighted by atomic mass is 35.5. The average Bonchev–Trinajstić information content (AvgIpc) is 2.64. The van der Waals surface area contributed by atoms with Crippen LogP contribution in [0.5, 0.6) is 0 Å². The van der Waals surface area contributed by atoms with Crippen molar-refractivity contribution in [2.24, 2.45) is 17.3 Å². The van der Waals surface area contributed by atoms with Gasteiger partial charge in [-0.1, -0.05) is 19.9 Å². The van der Waals surface area contributed by atoms with Crippen molar-refractivity contribution in [2.75, 3.05) is 7.11 Å². The van der Waals surface area contributed by atoms with Crippen LogP contribution in [0, 0.1) is 17.3 Å². The van der Waals surface area contributed by atoms with Crippen LogP contribution < -0.4 is 0 Å². The molecule has 0 unspecified atom stereocenters. The van der Waals surface area contributed by atoms with Crippen LogP contribution in [0.2, 0.25) is 0 Å². The van der Waals surface area contributed by atoms with Gasteiger partial charge in [-0.2, -0.15) is 0 Å². The van der Waals surface area contributed by atoms with Gasteiger partial charge >= 0.3 is 5.97 Å². The smallest absolute Gasteiger partial charge is 0.330 e. The zero-order valence-corrected chi connectivity index (χ0v) is 9.17. The molecule has 0 amide bonds. The minimum absolute atomic E-state index is 0.0478. The Kier molecular flexibility index (Phi) is 3.00. The lowest BCUT2D eigenvalue weighted by molar-refractivity contribution is -0.134. The number of halogens is 1. The number of carbonyl (C=O) groups excluding carboxylic acids is 2. The first kappa shape index (κ1) is 11.2. The molecule has 3 nitrogen and oxygen atoms in total. The Morgan fingerprint density at radius 3 is 2.36 bits per heavy atom. The van der Waals surface area contributed by atoms with Gasteiger partial charge in [-0.05, 0) is 22.9 Å². The maximum Gasteiger partial charge on any atom is 0.330 e. The number of hydrogen-bond donors (Lipinski definition) is 0. The van der Waals surface area contributed by atoms with Crippen molar-refractivity contribution >= 4 is 22.8 Å². The molecule has 0 saturated heterocycles. The van der Waals surface area contributed by atoms with E-state index in [4.69, 9.17) is 11.6 Å². The summed E-state index contributed by atoms with van der Waals surface area (Å²) in [6.45, 7) is 3.90. The second kappa shape index (κ2) is 3.73. The summed E-state index contributed by atoms with van der Waals surface area (Å²) < 4.78 is 4.45. The standard InChI is InChI=1S/C10H13ClO3/c1-10(2)6(8(10)9(11)13)4-5-7(12)14-3/h4-6,8H,1-3H3/b5-4-/t6-,8-/m0/s1. The van der Waals surface area contributed by atoms with Crippen LogP contribution in [0.1, 0.15) is 13.8 Å². The quantitative estimate of drug-likeness (QED) is 0.410. The summed E-state index contributed by atoms with van der Waals surface area (Å²) in [5, 5.41) is -0.338. The minimum Gasteiger partial charge on any atom is -0.466 e. The molecule has 0 bridgehead atoms. The van der Waals surface area contributed by atoms with E-state index in [-0.39, 0.29) is 22.5 Å². The summed E-state index contributed by atoms with van der Waals surface area (Å²) in [5.41, 5.74) is -0.136. The fourth-order valence-corrected chi connectivity index (χ4v) is 2.14. The van der Waals surface area contributed by atoms with Crippen molar-refractivity contribution in [2.45, 2.75) is 13.8 Å². The summed E-state index contributed by atoms with van der Waals surface area (Å²) >= 11 is 5.41. The zero-order valence-electron chi connectivity index (χ0n) is 8.41. The van der Waals surface area contributed by atoms with Gasteiger partial charge in [0.1, 0.15) is 0 Å². The summed E-state index contributed by atoms with van der Waals surface area (Å²) in [4.78, 5) is 21.8. The topological polar surface area (TPSA) is 43.4 Å². The lowest BCUT2D eigenvalue weighted by Crippen LogP contribution is -1.96. The number of allylic oxidation sites excluding steroid dienone is 1. The van der Waals surface area contributed by atoms with Crippen LogP contribution in [0.3, 0.4) is 0 Å². The van der Waals surface area contributed by atoms with E-state index in [2.05, 4.69) is 4.74 Å². The van der Waals surface area contributed by atoms with Crippen molar-refractivity contribution in [1.82, 2.24) is 0 Å². The third kappa shape index (κ3) is 1.98. The normalized spacial score (nSPS) is 28.9. The maximum atomic E-state index is 11.0. The summed E-state index contributed by atoms with van der Waals surface area (Å²) in [5.74, 6) is -0.537. The first-order valence-electron chi connectivity index (χ1n) is 4.36. The Bertz CT molecular complexity index is 294. The molecule has 0 N–H and O–H groups in total. The van der Waals surface area contributed by atoms with E-state index < -0.39 is 5.97 Å². The number of carbonyl (C=O) groups is 2. The van der Waals surface area contributed by atoms with Crippen molar-refractivity contribution in [3.63, 3.8) is 0 Å². The highest BCUT2D eigenvalue weighted by Crippen LogP contribution is 2.59. The molecule has 1 rings (SSSR count). The third-order valence-electron chi connectivity index (χ3n) is 2.80. The molecule has 0 aromatic carbocycles. The van der Waals surface area contributed by atoms with E-state index in [9.17, 15) is 9.59 Å². The molecule has 0 aromatic rings. The van der Waals surface area contributed by atoms with Crippen molar-refractivity contribution in [1.29, 1.82) is 0 Å². The number of hydrogen-bond acceptors (Lipinski definition) is 3. The number of methoxy groups -OCH3 is 1. The summed E-state index contributed by atoms with van der Waals surface area (Å²) in [6.07, 6.45) is 3.03. The first-order chi connectivity index (χ1) is 6.41. The van der Waals surface area contributed by atoms with Crippen molar-refractivity contribution in [3.8, 4) is 0 Å². The van der Waals surface area contributed by atoms with Crippen LogP contribution >= 0.6 is 11.6 Å². The molecular formula is C10H13ClO3. The highest BCUT2D eigenvalue weighted by Gasteiger charge is 2.59. The van der Waals surface area contributed by atoms with E-state index in [0.29, 0.717) is 0 Å². The van der Waals surface area contributed by atoms with E-state index in [1.54, 1.807) is 6.08 Å². The Hall–Kier alpha value is -0.830. The zero-order chi connectivity index (χ0) is 10.9. The van der Waals surface area contributed by atoms with Gasteiger partial charge in [0.05, 0.1) is 7.11 Å². The maximum absolute atomic E-state index is 11.0. The second-order valence-electron chi connectivity index (χ2n) is 4.01.